The molecule has 2 rings (SSSR count). The molecule has 0 aliphatic heterocycles. The summed E-state index contributed by atoms with van der Waals surface area (Å²) in [6, 6.07) is 5.67. The normalized spacial score (nSPS) is 13.2. The molecule has 0 aliphatic rings. The largest absolute Gasteiger partial charge is 0.417 e. The second-order valence-corrected chi connectivity index (χ2v) is 4.57. The monoisotopic (exact) mass is 299 g/mol. The molecule has 112 valence electrons. The molecule has 0 amide bonds. The van der Waals surface area contributed by atoms with Crippen LogP contribution in [-0.2, 0) is 6.18 Å². The number of nitrogens with two attached hydrogens (primary N) is 1. The van der Waals surface area contributed by atoms with Gasteiger partial charge < -0.3 is 0 Å². The molecule has 1 aromatic heterocycles. The van der Waals surface area contributed by atoms with Gasteiger partial charge in [-0.3, -0.25) is 10.8 Å². The first kappa shape index (κ1) is 15.4. The minimum absolute atomic E-state index is 0.320. The number of halogens is 4. The molecule has 1 unspecified atom stereocenters. The highest BCUT2D eigenvalue weighted by Gasteiger charge is 2.31. The van der Waals surface area contributed by atoms with Crippen molar-refractivity contribution in [2.75, 3.05) is 0 Å². The predicted molar refractivity (Wildman–Crippen MR) is 69.5 cm³/mol. The molecule has 0 radical (unpaired) electrons. The van der Waals surface area contributed by atoms with Crippen LogP contribution < -0.4 is 11.3 Å². The Balaban J connectivity index is 2.37. The van der Waals surface area contributed by atoms with Crippen LogP contribution in [0.2, 0.25) is 0 Å². The fourth-order valence-corrected chi connectivity index (χ4v) is 2.04. The number of hydrazine groups is 1. The third kappa shape index (κ3) is 3.37. The van der Waals surface area contributed by atoms with Gasteiger partial charge in [0.15, 0.2) is 0 Å². The molecular weight excluding hydrogens is 286 g/mol. The third-order valence-electron chi connectivity index (χ3n) is 3.12. The lowest BCUT2D eigenvalue weighted by molar-refractivity contribution is -0.137. The maximum Gasteiger partial charge on any atom is 0.417 e. The number of rotatable bonds is 3. The summed E-state index contributed by atoms with van der Waals surface area (Å²) >= 11 is 0. The lowest BCUT2D eigenvalue weighted by atomic mass is 9.98. The number of nitrogens with one attached hydrogen (secondary N) is 1. The van der Waals surface area contributed by atoms with E-state index in [1.54, 1.807) is 6.92 Å². The minimum Gasteiger partial charge on any atom is -0.271 e. The van der Waals surface area contributed by atoms with E-state index in [1.807, 2.05) is 0 Å². The van der Waals surface area contributed by atoms with Crippen molar-refractivity contribution in [3.63, 3.8) is 0 Å². The highest BCUT2D eigenvalue weighted by molar-refractivity contribution is 5.35. The molecule has 0 saturated heterocycles. The Morgan fingerprint density at radius 2 is 1.90 bits per heavy atom. The number of nitrogens with zero attached hydrogens (tertiary/aromatic N) is 1. The average molecular weight is 299 g/mol. The van der Waals surface area contributed by atoms with E-state index in [9.17, 15) is 17.6 Å². The lowest BCUT2D eigenvalue weighted by Crippen LogP contribution is -2.30. The first-order valence-electron chi connectivity index (χ1n) is 6.08. The van der Waals surface area contributed by atoms with Crippen molar-refractivity contribution in [2.45, 2.75) is 19.1 Å². The summed E-state index contributed by atoms with van der Waals surface area (Å²) < 4.78 is 50.6. The molecule has 7 heteroatoms. The Labute approximate surface area is 118 Å². The van der Waals surface area contributed by atoms with Gasteiger partial charge >= 0.3 is 6.18 Å². The Bertz CT molecular complexity index is 623. The highest BCUT2D eigenvalue weighted by Crippen LogP contribution is 2.30. The summed E-state index contributed by atoms with van der Waals surface area (Å²) in [5.74, 6) is 5.07. The summed E-state index contributed by atoms with van der Waals surface area (Å²) in [6.45, 7) is 1.69. The van der Waals surface area contributed by atoms with Crippen LogP contribution in [0.25, 0.3) is 0 Å². The number of aromatic nitrogens is 1. The Kier molecular flexibility index (Phi) is 4.24. The summed E-state index contributed by atoms with van der Waals surface area (Å²) in [4.78, 5) is 3.80. The molecule has 0 saturated carbocycles. The number of hydrogen-bond donors (Lipinski definition) is 2. The SMILES string of the molecule is Cc1cc(F)ccc1C(NN)c1ccc(C(F)(F)F)cn1. The highest BCUT2D eigenvalue weighted by atomic mass is 19.4. The number of alkyl halides is 3. The molecule has 3 N–H and O–H groups in total. The van der Waals surface area contributed by atoms with Crippen LogP contribution in [-0.4, -0.2) is 4.98 Å². The van der Waals surface area contributed by atoms with Gasteiger partial charge in [0.05, 0.1) is 17.3 Å². The molecule has 0 spiro atoms. The zero-order chi connectivity index (χ0) is 15.6. The van der Waals surface area contributed by atoms with Crippen LogP contribution in [0.4, 0.5) is 17.6 Å². The van der Waals surface area contributed by atoms with Crippen molar-refractivity contribution in [1.29, 1.82) is 0 Å². The lowest BCUT2D eigenvalue weighted by Gasteiger charge is -2.18. The number of aryl methyl sites for hydroxylation is 1. The molecule has 0 aliphatic carbocycles. The van der Waals surface area contributed by atoms with Crippen LogP contribution >= 0.6 is 0 Å². The van der Waals surface area contributed by atoms with Crippen LogP contribution in [0.15, 0.2) is 36.5 Å². The van der Waals surface area contributed by atoms with Gasteiger partial charge in [-0.05, 0) is 42.3 Å². The van der Waals surface area contributed by atoms with Crippen molar-refractivity contribution in [3.05, 3.63) is 64.7 Å². The van der Waals surface area contributed by atoms with E-state index in [0.717, 1.165) is 12.3 Å². The second-order valence-electron chi connectivity index (χ2n) is 4.57. The van der Waals surface area contributed by atoms with E-state index in [2.05, 4.69) is 10.4 Å². The summed E-state index contributed by atoms with van der Waals surface area (Å²) in [6.07, 6.45) is -3.69. The van der Waals surface area contributed by atoms with Crippen molar-refractivity contribution < 1.29 is 17.6 Å². The molecule has 1 heterocycles. The van der Waals surface area contributed by atoms with Gasteiger partial charge in [-0.15, -0.1) is 0 Å². The zero-order valence-electron chi connectivity index (χ0n) is 11.1. The number of hydrogen-bond acceptors (Lipinski definition) is 3. The van der Waals surface area contributed by atoms with Gasteiger partial charge in [0, 0.05) is 6.20 Å². The molecule has 3 nitrogen and oxygen atoms in total. The van der Waals surface area contributed by atoms with Crippen molar-refractivity contribution in [1.82, 2.24) is 10.4 Å². The Hall–Kier alpha value is -1.99. The first-order chi connectivity index (χ1) is 9.82. The fraction of sp³-hybridized carbons (Fsp3) is 0.214. The van der Waals surface area contributed by atoms with Gasteiger partial charge in [-0.2, -0.15) is 13.2 Å². The molecule has 1 aromatic carbocycles. The van der Waals surface area contributed by atoms with Crippen LogP contribution in [0.5, 0.6) is 0 Å². The predicted octanol–water partition coefficient (Wildman–Crippen LogP) is 3.10. The molecule has 2 aromatic rings. The summed E-state index contributed by atoms with van der Waals surface area (Å²) in [5.41, 5.74) is 3.24. The minimum atomic E-state index is -4.44. The quantitative estimate of drug-likeness (QED) is 0.520. The smallest absolute Gasteiger partial charge is 0.271 e. The number of benzene rings is 1. The standard InChI is InChI=1S/C14H13F4N3/c1-8-6-10(15)3-4-11(8)13(21-19)12-5-2-9(7-20-12)14(16,17)18/h2-7,13,21H,19H2,1H3. The van der Waals surface area contributed by atoms with E-state index in [4.69, 9.17) is 5.84 Å². The molecule has 21 heavy (non-hydrogen) atoms. The zero-order valence-corrected chi connectivity index (χ0v) is 11.1. The Morgan fingerprint density at radius 1 is 1.19 bits per heavy atom. The van der Waals surface area contributed by atoms with E-state index >= 15 is 0 Å². The Morgan fingerprint density at radius 3 is 2.38 bits per heavy atom. The third-order valence-corrected chi connectivity index (χ3v) is 3.12. The topological polar surface area (TPSA) is 50.9 Å². The maximum atomic E-state index is 13.1. The van der Waals surface area contributed by atoms with Gasteiger partial charge in [-0.25, -0.2) is 9.82 Å². The van der Waals surface area contributed by atoms with Gasteiger partial charge in [-0.1, -0.05) is 6.07 Å². The van der Waals surface area contributed by atoms with Gasteiger partial charge in [0.1, 0.15) is 5.82 Å². The fourth-order valence-electron chi connectivity index (χ4n) is 2.04. The molecule has 0 fully saturated rings. The first-order valence-corrected chi connectivity index (χ1v) is 6.08. The van der Waals surface area contributed by atoms with E-state index in [-0.39, 0.29) is 0 Å². The van der Waals surface area contributed by atoms with Gasteiger partial charge in [0.2, 0.25) is 0 Å². The second kappa shape index (κ2) is 5.79. The maximum absolute atomic E-state index is 13.1. The van der Waals surface area contributed by atoms with Crippen LogP contribution in [0, 0.1) is 12.7 Å². The number of pyridine rings is 1. The van der Waals surface area contributed by atoms with Crippen LogP contribution in [0.1, 0.15) is 28.4 Å². The summed E-state index contributed by atoms with van der Waals surface area (Å²) in [7, 11) is 0. The van der Waals surface area contributed by atoms with Crippen molar-refractivity contribution >= 4 is 0 Å². The van der Waals surface area contributed by atoms with Gasteiger partial charge in [0.25, 0.3) is 0 Å². The van der Waals surface area contributed by atoms with E-state index < -0.39 is 23.6 Å². The summed E-state index contributed by atoms with van der Waals surface area (Å²) in [5, 5.41) is 0. The van der Waals surface area contributed by atoms with E-state index in [1.165, 1.54) is 24.3 Å². The molecule has 1 atom stereocenters. The van der Waals surface area contributed by atoms with Crippen molar-refractivity contribution in [3.8, 4) is 0 Å². The van der Waals surface area contributed by atoms with Crippen LogP contribution in [0.3, 0.4) is 0 Å². The molecule has 0 bridgehead atoms. The van der Waals surface area contributed by atoms with Crippen molar-refractivity contribution in [2.24, 2.45) is 5.84 Å². The van der Waals surface area contributed by atoms with E-state index in [0.29, 0.717) is 16.8 Å². The molecular formula is C14H13F4N3. The average Bonchev–Trinajstić information content (AvgIpc) is 2.41.